The molecule has 1 aliphatic rings. The number of carbonyl (C=O) groups is 9. The fourth-order valence-electron chi connectivity index (χ4n) is 13.0. The van der Waals surface area contributed by atoms with Crippen LogP contribution < -0.4 is 43.0 Å². The number of rotatable bonds is 38. The number of ether oxygens (including phenoxy) is 1. The predicted octanol–water partition coefficient (Wildman–Crippen LogP) is 10.5. The molecular formula is C83H101N9O11S3. The summed E-state index contributed by atoms with van der Waals surface area (Å²) >= 11 is 4.35. The molecule has 8 atom stereocenters. The summed E-state index contributed by atoms with van der Waals surface area (Å²) in [6.07, 6.45) is 2.60. The molecule has 106 heavy (non-hydrogen) atoms. The minimum Gasteiger partial charge on any atom is -0.480 e. The predicted molar refractivity (Wildman–Crippen MR) is 422 cm³/mol. The van der Waals surface area contributed by atoms with E-state index in [0.717, 1.165) is 33.4 Å². The third-order valence-corrected chi connectivity index (χ3v) is 22.2. The Kier molecular flexibility index (Phi) is 31.3. The topological polar surface area (TPSA) is 297 Å². The third kappa shape index (κ3) is 23.0. The van der Waals surface area contributed by atoms with Crippen molar-refractivity contribution >= 4 is 88.7 Å². The Morgan fingerprint density at radius 3 is 1.37 bits per heavy atom. The Labute approximate surface area is 635 Å². The molecule has 0 bridgehead atoms. The molecule has 1 heterocycles. The van der Waals surface area contributed by atoms with E-state index in [0.29, 0.717) is 24.2 Å². The zero-order valence-electron chi connectivity index (χ0n) is 61.4. The van der Waals surface area contributed by atoms with E-state index in [1.54, 1.807) is 51.1 Å². The van der Waals surface area contributed by atoms with Gasteiger partial charge in [-0.2, -0.15) is 11.8 Å². The number of benzene rings is 7. The quantitative estimate of drug-likeness (QED) is 0.0128. The van der Waals surface area contributed by atoms with Gasteiger partial charge in [0.05, 0.1) is 15.5 Å². The van der Waals surface area contributed by atoms with Crippen molar-refractivity contribution in [2.24, 2.45) is 11.7 Å². The number of hydrogen-bond acceptors (Lipinski definition) is 14. The van der Waals surface area contributed by atoms with E-state index in [1.807, 2.05) is 166 Å². The van der Waals surface area contributed by atoms with Crippen LogP contribution in [0.4, 0.5) is 4.79 Å². The number of carbonyl (C=O) groups excluding carboxylic acids is 8. The van der Waals surface area contributed by atoms with Gasteiger partial charge in [-0.15, -0.1) is 23.5 Å². The van der Waals surface area contributed by atoms with Gasteiger partial charge in [-0.3, -0.25) is 33.6 Å². The van der Waals surface area contributed by atoms with Gasteiger partial charge >= 0.3 is 12.1 Å². The summed E-state index contributed by atoms with van der Waals surface area (Å²) in [7, 11) is 0. The van der Waals surface area contributed by atoms with E-state index in [4.69, 9.17) is 10.5 Å². The van der Waals surface area contributed by atoms with Crippen LogP contribution in [-0.2, 0) is 59.0 Å². The second-order valence-electron chi connectivity index (χ2n) is 27.9. The van der Waals surface area contributed by atoms with Gasteiger partial charge in [0.2, 0.25) is 41.4 Å². The molecule has 10 N–H and O–H groups in total. The molecule has 1 fully saturated rings. The Bertz CT molecular complexity index is 3790. The Balaban J connectivity index is 1.07. The van der Waals surface area contributed by atoms with Crippen molar-refractivity contribution in [2.75, 3.05) is 36.6 Å². The van der Waals surface area contributed by atoms with Gasteiger partial charge in [0.1, 0.15) is 47.9 Å². The van der Waals surface area contributed by atoms with E-state index in [-0.39, 0.29) is 69.0 Å². The molecule has 0 aliphatic carbocycles. The van der Waals surface area contributed by atoms with E-state index in [9.17, 15) is 33.9 Å². The first kappa shape index (κ1) is 82.2. The number of thioether (sulfide) groups is 3. The highest BCUT2D eigenvalue weighted by atomic mass is 32.2. The number of carboxylic acids is 1. The lowest BCUT2D eigenvalue weighted by molar-refractivity contribution is -0.142. The second kappa shape index (κ2) is 40.3. The van der Waals surface area contributed by atoms with Crippen molar-refractivity contribution < 1.29 is 53.0 Å². The van der Waals surface area contributed by atoms with Crippen LogP contribution in [0.3, 0.4) is 0 Å². The summed E-state index contributed by atoms with van der Waals surface area (Å²) in [4.78, 5) is 131. The largest absolute Gasteiger partial charge is 0.480 e. The molecule has 0 aromatic heterocycles. The van der Waals surface area contributed by atoms with Crippen LogP contribution in [0, 0.1) is 5.92 Å². The fourth-order valence-corrected chi connectivity index (χ4v) is 16.5. The van der Waals surface area contributed by atoms with Crippen molar-refractivity contribution in [1.29, 1.82) is 0 Å². The third-order valence-electron chi connectivity index (χ3n) is 18.3. The molecule has 0 spiro atoms. The number of amides is 8. The van der Waals surface area contributed by atoms with Crippen molar-refractivity contribution in [3.8, 4) is 0 Å². The minimum atomic E-state index is -1.33. The molecule has 7 aromatic rings. The van der Waals surface area contributed by atoms with Gasteiger partial charge < -0.3 is 57.7 Å². The number of alkyl carbamates (subject to hydrolysis) is 1. The maximum Gasteiger partial charge on any atom is 0.407 e. The number of nitrogens with zero attached hydrogens (tertiary/aromatic N) is 1. The van der Waals surface area contributed by atoms with Crippen molar-refractivity contribution in [1.82, 2.24) is 42.1 Å². The first-order valence-corrected chi connectivity index (χ1v) is 39.5. The second-order valence-corrected chi connectivity index (χ2v) is 31.3. The average molecular weight is 1500 g/mol. The zero-order valence-corrected chi connectivity index (χ0v) is 63.8. The zero-order chi connectivity index (χ0) is 76.2. The SMILES string of the molecule is CSCC[C@H](NC(=O)[C@H](CCCCNC(=O)OC(C)(C)C)NC(=O)[C@@H]1CCCN1C(=O)[C@H](CSC(c1ccccc1)(c1ccccc1)c1ccccc1)NC(=O)[C@H](C)NC(=O)[C@@H](N)CSC(c1ccccc1)(c1ccccc1)c1ccccc1)C(=O)N[C@@H](CC(C)C)C(=O)N[C@@H](Cc1ccccc1)C(=O)O. The van der Waals surface area contributed by atoms with Gasteiger partial charge in [-0.1, -0.05) is 226 Å². The number of unbranched alkanes of at least 4 members (excludes halogenated alkanes) is 1. The molecule has 1 aliphatic heterocycles. The summed E-state index contributed by atoms with van der Waals surface area (Å²) in [6, 6.07) is 58.5. The average Bonchev–Trinajstić information content (AvgIpc) is 0.850. The highest BCUT2D eigenvalue weighted by Gasteiger charge is 2.44. The molecule has 8 rings (SSSR count). The van der Waals surface area contributed by atoms with Crippen LogP contribution in [0.1, 0.15) is 125 Å². The maximum absolute atomic E-state index is 15.9. The lowest BCUT2D eigenvalue weighted by Gasteiger charge is -2.37. The van der Waals surface area contributed by atoms with Gasteiger partial charge in [0.25, 0.3) is 0 Å². The van der Waals surface area contributed by atoms with Crippen LogP contribution >= 0.6 is 35.3 Å². The van der Waals surface area contributed by atoms with Gasteiger partial charge in [0, 0.05) is 31.0 Å². The summed E-state index contributed by atoms with van der Waals surface area (Å²) in [6.45, 7) is 10.7. The lowest BCUT2D eigenvalue weighted by Crippen LogP contribution is -2.60. The highest BCUT2D eigenvalue weighted by molar-refractivity contribution is 8.01. The van der Waals surface area contributed by atoms with E-state index >= 15 is 14.4 Å². The molecule has 20 nitrogen and oxygen atoms in total. The van der Waals surface area contributed by atoms with Crippen molar-refractivity contribution in [2.45, 2.75) is 156 Å². The Morgan fingerprint density at radius 2 is 0.925 bits per heavy atom. The number of likely N-dealkylation sites (tertiary alicyclic amines) is 1. The monoisotopic (exact) mass is 1500 g/mol. The first-order chi connectivity index (χ1) is 50.9. The normalized spacial score (nSPS) is 15.1. The summed E-state index contributed by atoms with van der Waals surface area (Å²) in [5, 5.41) is 30.1. The van der Waals surface area contributed by atoms with Crippen LogP contribution in [0.25, 0.3) is 0 Å². The minimum absolute atomic E-state index is 0.0111. The molecule has 0 saturated carbocycles. The van der Waals surface area contributed by atoms with Gasteiger partial charge in [-0.25, -0.2) is 9.59 Å². The van der Waals surface area contributed by atoms with Crippen LogP contribution in [0.2, 0.25) is 0 Å². The molecule has 0 unspecified atom stereocenters. The number of nitrogens with two attached hydrogens (primary N) is 1. The molecule has 562 valence electrons. The standard InChI is InChI=1S/C83H101N9O11S3/c1-56(2)52-68(76(97)90-69(79(100)101)53-58-32-15-8-16-33-58)89-75(96)67(48-51-104-7)87-74(95)66(46-29-30-49-85-80(102)103-81(4,5)6)88-77(98)71-47-31-50-92(71)78(99)70(55-106-83(62-40-23-12-24-41-62,63-42-25-13-26-43-63)64-44-27-14-28-45-64)91-72(93)57(3)86-73(94)65(84)54-105-82(59-34-17-9-18-35-59,60-36-19-10-20-37-60)61-38-21-11-22-39-61/h8-28,32-45,56-57,65-71H,29-31,46-55,84H2,1-7H3,(H,85,102)(H,86,94)(H,87,95)(H,88,98)(H,89,96)(H,90,97)(H,91,93)(H,100,101)/t57-,65-,66-,67-,68-,69-,70-,71-/m0/s1. The summed E-state index contributed by atoms with van der Waals surface area (Å²) in [5.41, 5.74) is 12.4. The molecular weight excluding hydrogens is 1400 g/mol. The van der Waals surface area contributed by atoms with Crippen molar-refractivity contribution in [3.63, 3.8) is 0 Å². The van der Waals surface area contributed by atoms with Crippen LogP contribution in [0.15, 0.2) is 212 Å². The molecule has 23 heteroatoms. The maximum atomic E-state index is 15.9. The fraction of sp³-hybridized carbons (Fsp3) is 0.386. The van der Waals surface area contributed by atoms with Crippen LogP contribution in [-0.4, -0.2) is 154 Å². The van der Waals surface area contributed by atoms with Crippen molar-refractivity contribution in [3.05, 3.63) is 251 Å². The molecule has 8 amide bonds. The van der Waals surface area contributed by atoms with E-state index in [1.165, 1.54) is 47.1 Å². The first-order valence-electron chi connectivity index (χ1n) is 36.2. The number of nitrogens with one attached hydrogen (secondary N) is 7. The smallest absolute Gasteiger partial charge is 0.407 e. The number of aliphatic carboxylic acids is 1. The molecule has 7 aromatic carbocycles. The lowest BCUT2D eigenvalue weighted by atomic mass is 9.84. The van der Waals surface area contributed by atoms with Crippen LogP contribution in [0.5, 0.6) is 0 Å². The van der Waals surface area contributed by atoms with E-state index < -0.39 is 117 Å². The van der Waals surface area contributed by atoms with E-state index in [2.05, 4.69) is 73.6 Å². The molecule has 1 saturated heterocycles. The number of carboxylic acid groups (broad SMARTS) is 1. The summed E-state index contributed by atoms with van der Waals surface area (Å²) < 4.78 is 3.67. The Morgan fingerprint density at radius 1 is 0.509 bits per heavy atom. The van der Waals surface area contributed by atoms with Gasteiger partial charge in [0.15, 0.2) is 0 Å². The summed E-state index contributed by atoms with van der Waals surface area (Å²) in [5.74, 6) is -5.64. The van der Waals surface area contributed by atoms with Gasteiger partial charge in [-0.05, 0) is 130 Å². The highest BCUT2D eigenvalue weighted by Crippen LogP contribution is 2.50. The number of hydrogen-bond donors (Lipinski definition) is 9. The molecule has 0 radical (unpaired) electrons. The Hall–Kier alpha value is -9.42.